The zero-order valence-electron chi connectivity index (χ0n) is 46.2. The minimum atomic E-state index is -0.0925. The molecular formula is C69H93N3. The fourth-order valence-corrected chi connectivity index (χ4v) is 19.9. The minimum absolute atomic E-state index is 0.0925. The van der Waals surface area contributed by atoms with Crippen molar-refractivity contribution >= 4 is 34.1 Å². The molecule has 3 heterocycles. The number of anilines is 6. The molecule has 0 unspecified atom stereocenters. The van der Waals surface area contributed by atoms with Gasteiger partial charge in [-0.3, -0.25) is 0 Å². The van der Waals surface area contributed by atoms with Crippen LogP contribution in [0.5, 0.6) is 0 Å². The molecular weight excluding hydrogens is 871 g/mol. The standard InChI is InChI=1S/C69H93N3/c1-64(2)67(40-19-10-20-41-67)61-55(49-28-13-7-14-29-49)34-25-37-58(61)70(64)52-46-53(71-59-38-26-35-56(50-30-15-8-16-31-50)62(59)68(65(71,3)4)42-21-11-22-43-68)48-54(47-52)72-60-39-27-36-57(51-32-17-9-18-33-51)63(60)69(66(72,5)6)44-23-12-24-45-69/h25-27,34-39,46-51H,7-24,28-33,40-45H2,1-6H3. The van der Waals surface area contributed by atoms with Crippen LogP contribution in [0.3, 0.4) is 0 Å². The summed E-state index contributed by atoms with van der Waals surface area (Å²) < 4.78 is 0. The molecule has 0 N–H and O–H groups in total. The second-order valence-corrected chi connectivity index (χ2v) is 27.5. The highest BCUT2D eigenvalue weighted by atomic mass is 15.3. The van der Waals surface area contributed by atoms with Crippen LogP contribution >= 0.6 is 0 Å². The van der Waals surface area contributed by atoms with Gasteiger partial charge in [0, 0.05) is 67.0 Å². The van der Waals surface area contributed by atoms with Gasteiger partial charge in [0.1, 0.15) is 0 Å². The Morgan fingerprint density at radius 3 is 0.792 bits per heavy atom. The highest BCUT2D eigenvalue weighted by Gasteiger charge is 2.62. The molecule has 0 aromatic heterocycles. The van der Waals surface area contributed by atoms with E-state index in [2.05, 4.69) is 129 Å². The van der Waals surface area contributed by atoms with Gasteiger partial charge in [0.15, 0.2) is 0 Å². The molecule has 384 valence electrons. The number of benzene rings is 4. The van der Waals surface area contributed by atoms with Gasteiger partial charge in [0.25, 0.3) is 0 Å². The van der Waals surface area contributed by atoms with Crippen molar-refractivity contribution in [1.29, 1.82) is 0 Å². The monoisotopic (exact) mass is 964 g/mol. The number of fused-ring (bicyclic) bond motifs is 6. The first kappa shape index (κ1) is 48.0. The second kappa shape index (κ2) is 18.0. The van der Waals surface area contributed by atoms with Gasteiger partial charge in [-0.2, -0.15) is 0 Å². The van der Waals surface area contributed by atoms with Gasteiger partial charge in [-0.15, -0.1) is 0 Å². The van der Waals surface area contributed by atoms with E-state index >= 15 is 0 Å². The molecule has 3 spiro atoms. The van der Waals surface area contributed by atoms with E-state index in [1.807, 2.05) is 0 Å². The van der Waals surface area contributed by atoms with Gasteiger partial charge in [-0.1, -0.05) is 152 Å². The largest absolute Gasteiger partial charge is 0.335 e. The van der Waals surface area contributed by atoms with Crippen molar-refractivity contribution in [2.24, 2.45) is 0 Å². The van der Waals surface area contributed by atoms with Crippen LogP contribution in [0, 0.1) is 0 Å². The summed E-state index contributed by atoms with van der Waals surface area (Å²) in [5.41, 5.74) is 19.4. The summed E-state index contributed by atoms with van der Waals surface area (Å²) in [4.78, 5) is 8.93. The van der Waals surface area contributed by atoms with Crippen molar-refractivity contribution in [3.8, 4) is 0 Å². The van der Waals surface area contributed by atoms with Crippen LogP contribution in [0.15, 0.2) is 72.8 Å². The van der Waals surface area contributed by atoms with Crippen molar-refractivity contribution in [3.05, 3.63) is 106 Å². The lowest BCUT2D eigenvalue weighted by Gasteiger charge is -2.51. The molecule has 0 saturated heterocycles. The zero-order chi connectivity index (χ0) is 49.1. The Morgan fingerprint density at radius 2 is 0.542 bits per heavy atom. The number of hydrogen-bond acceptors (Lipinski definition) is 3. The molecule has 3 aliphatic heterocycles. The number of hydrogen-bond donors (Lipinski definition) is 0. The molecule has 3 heteroatoms. The summed E-state index contributed by atoms with van der Waals surface area (Å²) >= 11 is 0. The van der Waals surface area contributed by atoms with Crippen LogP contribution in [0.25, 0.3) is 0 Å². The molecule has 0 radical (unpaired) electrons. The quantitative estimate of drug-likeness (QED) is 0.191. The Bertz CT molecular complexity index is 2340. The molecule has 9 aliphatic rings. The predicted octanol–water partition coefficient (Wildman–Crippen LogP) is 20.2. The summed E-state index contributed by atoms with van der Waals surface area (Å²) in [7, 11) is 0. The average molecular weight is 965 g/mol. The molecule has 0 atom stereocenters. The van der Waals surface area contributed by atoms with E-state index in [4.69, 9.17) is 0 Å². The van der Waals surface area contributed by atoms with Crippen molar-refractivity contribution in [3.63, 3.8) is 0 Å². The van der Waals surface area contributed by atoms with E-state index in [9.17, 15) is 0 Å². The third kappa shape index (κ3) is 6.84. The van der Waals surface area contributed by atoms with Gasteiger partial charge < -0.3 is 14.7 Å². The van der Waals surface area contributed by atoms with Gasteiger partial charge >= 0.3 is 0 Å². The highest BCUT2D eigenvalue weighted by Crippen LogP contribution is 2.68. The first-order chi connectivity index (χ1) is 35.0. The maximum atomic E-state index is 2.98. The average Bonchev–Trinajstić information content (AvgIpc) is 3.83. The maximum Gasteiger partial charge on any atom is 0.0492 e. The summed E-state index contributed by atoms with van der Waals surface area (Å²) in [6, 6.07) is 31.3. The van der Waals surface area contributed by atoms with Crippen molar-refractivity contribution in [1.82, 2.24) is 0 Å². The highest BCUT2D eigenvalue weighted by molar-refractivity contribution is 5.89. The summed E-state index contributed by atoms with van der Waals surface area (Å²) in [5.74, 6) is 2.05. The molecule has 4 aromatic rings. The first-order valence-electron chi connectivity index (χ1n) is 30.9. The van der Waals surface area contributed by atoms with E-state index in [1.165, 1.54) is 227 Å². The van der Waals surface area contributed by atoms with Gasteiger partial charge in [0.2, 0.25) is 0 Å². The Balaban J connectivity index is 1.07. The van der Waals surface area contributed by atoms with Crippen molar-refractivity contribution < 1.29 is 0 Å². The first-order valence-corrected chi connectivity index (χ1v) is 30.9. The van der Waals surface area contributed by atoms with E-state index < -0.39 is 0 Å². The number of rotatable bonds is 6. The van der Waals surface area contributed by atoms with Gasteiger partial charge in [0.05, 0.1) is 0 Å². The third-order valence-corrected chi connectivity index (χ3v) is 23.5. The van der Waals surface area contributed by atoms with Crippen LogP contribution < -0.4 is 14.7 Å². The molecule has 6 aliphatic carbocycles. The van der Waals surface area contributed by atoms with Gasteiger partial charge in [-0.05, 0) is 206 Å². The van der Waals surface area contributed by atoms with Crippen LogP contribution in [-0.4, -0.2) is 16.6 Å². The van der Waals surface area contributed by atoms with Crippen molar-refractivity contribution in [2.75, 3.05) is 14.7 Å². The second-order valence-electron chi connectivity index (χ2n) is 27.5. The predicted molar refractivity (Wildman–Crippen MR) is 306 cm³/mol. The lowest BCUT2D eigenvalue weighted by molar-refractivity contribution is 0.196. The fraction of sp³-hybridized carbons (Fsp3) is 0.652. The molecule has 6 saturated carbocycles. The fourth-order valence-electron chi connectivity index (χ4n) is 19.9. The molecule has 72 heavy (non-hydrogen) atoms. The lowest BCUT2D eigenvalue weighted by Crippen LogP contribution is -2.54. The third-order valence-electron chi connectivity index (χ3n) is 23.5. The van der Waals surface area contributed by atoms with Crippen LogP contribution in [0.2, 0.25) is 0 Å². The smallest absolute Gasteiger partial charge is 0.0492 e. The Hall–Kier alpha value is -3.72. The molecule has 0 bridgehead atoms. The molecule has 6 fully saturated rings. The van der Waals surface area contributed by atoms with Gasteiger partial charge in [-0.25, -0.2) is 0 Å². The topological polar surface area (TPSA) is 9.72 Å². The summed E-state index contributed by atoms with van der Waals surface area (Å²) in [6.45, 7) is 16.2. The van der Waals surface area contributed by atoms with Crippen LogP contribution in [0.1, 0.15) is 285 Å². The molecule has 3 nitrogen and oxygen atoms in total. The SMILES string of the molecule is CC1(C)N(c2cc(N3c4cccc(C5CCCCC5)c4C4(CCCCC4)C3(C)C)cc(N3c4cccc(C5CCCCC5)c4C4(CCCCC4)C3(C)C)c2)c2cccc(C3CCCCC3)c2C12CCCCC2. The molecule has 13 rings (SSSR count). The van der Waals surface area contributed by atoms with Crippen LogP contribution in [-0.2, 0) is 16.2 Å². The maximum absolute atomic E-state index is 2.98. The minimum Gasteiger partial charge on any atom is -0.335 e. The Kier molecular flexibility index (Phi) is 12.0. The summed E-state index contributed by atoms with van der Waals surface area (Å²) in [5, 5.41) is 0. The molecule has 0 amide bonds. The Morgan fingerprint density at radius 1 is 0.306 bits per heavy atom. The zero-order valence-corrected chi connectivity index (χ0v) is 46.2. The van der Waals surface area contributed by atoms with E-state index in [0.29, 0.717) is 17.8 Å². The number of nitrogens with zero attached hydrogens (tertiary/aromatic N) is 3. The lowest BCUT2D eigenvalue weighted by atomic mass is 9.59. The van der Waals surface area contributed by atoms with E-state index in [0.717, 1.165) is 0 Å². The van der Waals surface area contributed by atoms with Crippen LogP contribution in [0.4, 0.5) is 34.1 Å². The molecule has 4 aromatic carbocycles. The van der Waals surface area contributed by atoms with Crippen molar-refractivity contribution in [2.45, 2.75) is 285 Å². The summed E-state index contributed by atoms with van der Waals surface area (Å²) in [6.07, 6.45) is 40.7. The van der Waals surface area contributed by atoms with E-state index in [-0.39, 0.29) is 32.9 Å². The normalized spacial score (nSPS) is 26.3. The van der Waals surface area contributed by atoms with E-state index in [1.54, 1.807) is 33.4 Å². The Labute approximate surface area is 437 Å².